The predicted octanol–water partition coefficient (Wildman–Crippen LogP) is 6.13. The summed E-state index contributed by atoms with van der Waals surface area (Å²) in [6, 6.07) is 21.7. The zero-order valence-electron chi connectivity index (χ0n) is 16.5. The lowest BCUT2D eigenvalue weighted by Gasteiger charge is -2.08. The van der Waals surface area contributed by atoms with Crippen molar-refractivity contribution >= 4 is 40.3 Å². The fraction of sp³-hybridized carbons (Fsp3) is 0.125. The van der Waals surface area contributed by atoms with Crippen molar-refractivity contribution in [1.82, 2.24) is 9.99 Å². The average molecular weight is 438 g/mol. The number of hydrogen-bond acceptors (Lipinski definition) is 3. The molecule has 0 atom stereocenters. The van der Waals surface area contributed by atoms with Crippen LogP contribution in [0.5, 0.6) is 5.75 Å². The van der Waals surface area contributed by atoms with Crippen LogP contribution in [-0.2, 0) is 13.1 Å². The monoisotopic (exact) mass is 437 g/mol. The molecule has 3 aromatic carbocycles. The molecule has 0 fully saturated rings. The first-order valence-electron chi connectivity index (χ1n) is 9.55. The maximum absolute atomic E-state index is 6.38. The Morgan fingerprint density at radius 1 is 1.00 bits per heavy atom. The summed E-state index contributed by atoms with van der Waals surface area (Å²) >= 11 is 12.4. The molecule has 0 amide bonds. The summed E-state index contributed by atoms with van der Waals surface area (Å²) < 4.78 is 7.55. The highest BCUT2D eigenvalue weighted by Crippen LogP contribution is 2.25. The summed E-state index contributed by atoms with van der Waals surface area (Å²) in [6.07, 6.45) is 3.93. The number of para-hydroxylation sites is 2. The van der Waals surface area contributed by atoms with Crippen molar-refractivity contribution in [3.63, 3.8) is 0 Å². The van der Waals surface area contributed by atoms with Crippen molar-refractivity contribution in [2.24, 2.45) is 5.10 Å². The molecule has 30 heavy (non-hydrogen) atoms. The number of nitrogens with one attached hydrogen (secondary N) is 1. The fourth-order valence-corrected chi connectivity index (χ4v) is 3.91. The Bertz CT molecular complexity index is 1200. The van der Waals surface area contributed by atoms with Gasteiger partial charge in [-0.25, -0.2) is 0 Å². The third-order valence-electron chi connectivity index (χ3n) is 4.93. The quantitative estimate of drug-likeness (QED) is 0.279. The molecule has 0 aliphatic carbocycles. The zero-order valence-corrected chi connectivity index (χ0v) is 18.0. The van der Waals surface area contributed by atoms with Gasteiger partial charge in [-0.15, -0.1) is 0 Å². The summed E-state index contributed by atoms with van der Waals surface area (Å²) in [5.74, 6) is 0.844. The first-order valence-corrected chi connectivity index (χ1v) is 10.3. The van der Waals surface area contributed by atoms with Gasteiger partial charge in [0.2, 0.25) is 0 Å². The van der Waals surface area contributed by atoms with Crippen LogP contribution in [0.25, 0.3) is 10.9 Å². The van der Waals surface area contributed by atoms with Crippen LogP contribution in [0.3, 0.4) is 0 Å². The van der Waals surface area contributed by atoms with E-state index in [4.69, 9.17) is 27.9 Å². The smallest absolute Gasteiger partial charge is 0.123 e. The number of hydrazone groups is 1. The summed E-state index contributed by atoms with van der Waals surface area (Å²) in [4.78, 5) is 0. The van der Waals surface area contributed by atoms with E-state index in [9.17, 15) is 0 Å². The molecule has 0 aliphatic rings. The Hall–Kier alpha value is -2.95. The third-order valence-corrected chi connectivity index (χ3v) is 5.52. The molecule has 0 saturated heterocycles. The van der Waals surface area contributed by atoms with Crippen molar-refractivity contribution in [2.45, 2.75) is 13.1 Å². The van der Waals surface area contributed by atoms with Crippen LogP contribution in [0.15, 0.2) is 78.0 Å². The number of rotatable bonds is 7. The summed E-state index contributed by atoms with van der Waals surface area (Å²) in [5, 5.41) is 6.85. The second-order valence-corrected chi connectivity index (χ2v) is 7.71. The molecule has 152 valence electrons. The lowest BCUT2D eigenvalue weighted by Crippen LogP contribution is -2.06. The van der Waals surface area contributed by atoms with Gasteiger partial charge in [0.15, 0.2) is 0 Å². The molecule has 0 saturated carbocycles. The Labute approximate surface area is 185 Å². The number of halogens is 2. The van der Waals surface area contributed by atoms with Crippen molar-refractivity contribution in [1.29, 1.82) is 0 Å². The molecule has 4 rings (SSSR count). The van der Waals surface area contributed by atoms with Crippen LogP contribution >= 0.6 is 23.2 Å². The van der Waals surface area contributed by atoms with Gasteiger partial charge < -0.3 is 14.7 Å². The summed E-state index contributed by atoms with van der Waals surface area (Å²) in [5.41, 5.74) is 7.33. The molecule has 1 aromatic heterocycles. The van der Waals surface area contributed by atoms with Gasteiger partial charge in [0, 0.05) is 44.8 Å². The average Bonchev–Trinajstić information content (AvgIpc) is 3.11. The fourth-order valence-electron chi connectivity index (χ4n) is 3.44. The lowest BCUT2D eigenvalue weighted by atomic mass is 10.2. The highest BCUT2D eigenvalue weighted by Gasteiger charge is 2.09. The Kier molecular flexibility index (Phi) is 6.26. The van der Waals surface area contributed by atoms with E-state index in [2.05, 4.69) is 33.4 Å². The summed E-state index contributed by atoms with van der Waals surface area (Å²) in [6.45, 7) is 1.23. The molecule has 0 aliphatic heterocycles. The van der Waals surface area contributed by atoms with Gasteiger partial charge in [-0.2, -0.15) is 5.10 Å². The highest BCUT2D eigenvalue weighted by molar-refractivity contribution is 6.35. The van der Waals surface area contributed by atoms with E-state index < -0.39 is 0 Å². The minimum atomic E-state index is 0.583. The van der Waals surface area contributed by atoms with Gasteiger partial charge in [-0.3, -0.25) is 0 Å². The topological polar surface area (TPSA) is 38.5 Å². The Morgan fingerprint density at radius 2 is 1.80 bits per heavy atom. The second-order valence-electron chi connectivity index (χ2n) is 6.87. The largest absolute Gasteiger partial charge is 0.496 e. The SMILES string of the molecule is COc1ccccc1CN/N=C/c1cn(Cc2ccc(Cl)cc2Cl)c2ccccc12. The van der Waals surface area contributed by atoms with E-state index in [-0.39, 0.29) is 0 Å². The molecule has 4 aromatic rings. The van der Waals surface area contributed by atoms with Gasteiger partial charge in [0.05, 0.1) is 19.9 Å². The van der Waals surface area contributed by atoms with Crippen LogP contribution in [0.4, 0.5) is 0 Å². The molecule has 0 unspecified atom stereocenters. The molecule has 1 heterocycles. The van der Waals surface area contributed by atoms with E-state index in [1.54, 1.807) is 13.2 Å². The van der Waals surface area contributed by atoms with E-state index in [0.717, 1.165) is 33.3 Å². The molecule has 4 nitrogen and oxygen atoms in total. The minimum Gasteiger partial charge on any atom is -0.496 e. The first-order chi connectivity index (χ1) is 14.7. The maximum Gasteiger partial charge on any atom is 0.123 e. The van der Waals surface area contributed by atoms with Gasteiger partial charge in [-0.05, 0) is 29.8 Å². The standard InChI is InChI=1S/C24H21Cl2N3O/c1-30-24-9-5-2-6-17(24)13-27-28-14-19-16-29(23-8-4-3-7-21(19)23)15-18-10-11-20(25)12-22(18)26/h2-12,14,16,27H,13,15H2,1H3/b28-14+. The van der Waals surface area contributed by atoms with Crippen LogP contribution in [-0.4, -0.2) is 17.9 Å². The molecule has 0 spiro atoms. The van der Waals surface area contributed by atoms with E-state index in [1.165, 1.54) is 0 Å². The predicted molar refractivity (Wildman–Crippen MR) is 125 cm³/mol. The third kappa shape index (κ3) is 4.45. The first kappa shape index (κ1) is 20.3. The second kappa shape index (κ2) is 9.24. The van der Waals surface area contributed by atoms with Crippen LogP contribution in [0.2, 0.25) is 10.0 Å². The number of aromatic nitrogens is 1. The number of methoxy groups -OCH3 is 1. The van der Waals surface area contributed by atoms with Gasteiger partial charge in [0.25, 0.3) is 0 Å². The minimum absolute atomic E-state index is 0.583. The Morgan fingerprint density at radius 3 is 2.63 bits per heavy atom. The highest BCUT2D eigenvalue weighted by atomic mass is 35.5. The number of hydrogen-bond donors (Lipinski definition) is 1. The number of benzene rings is 3. The van der Waals surface area contributed by atoms with E-state index in [1.807, 2.05) is 54.7 Å². The molecular formula is C24H21Cl2N3O. The lowest BCUT2D eigenvalue weighted by molar-refractivity contribution is 0.408. The van der Waals surface area contributed by atoms with Crippen LogP contribution in [0.1, 0.15) is 16.7 Å². The molecule has 0 bridgehead atoms. The molecular weight excluding hydrogens is 417 g/mol. The van der Waals surface area contributed by atoms with Crippen molar-refractivity contribution < 1.29 is 4.74 Å². The molecule has 1 N–H and O–H groups in total. The maximum atomic E-state index is 6.38. The van der Waals surface area contributed by atoms with Crippen molar-refractivity contribution in [3.05, 3.63) is 99.7 Å². The van der Waals surface area contributed by atoms with Crippen molar-refractivity contribution in [3.8, 4) is 5.75 Å². The number of ether oxygens (including phenoxy) is 1. The van der Waals surface area contributed by atoms with E-state index in [0.29, 0.717) is 23.1 Å². The van der Waals surface area contributed by atoms with Gasteiger partial charge in [-0.1, -0.05) is 65.7 Å². The zero-order chi connectivity index (χ0) is 20.9. The van der Waals surface area contributed by atoms with Crippen LogP contribution < -0.4 is 10.2 Å². The molecule has 0 radical (unpaired) electrons. The van der Waals surface area contributed by atoms with E-state index >= 15 is 0 Å². The van der Waals surface area contributed by atoms with Crippen molar-refractivity contribution in [2.75, 3.05) is 7.11 Å². The van der Waals surface area contributed by atoms with Gasteiger partial charge in [0.1, 0.15) is 5.75 Å². The number of fused-ring (bicyclic) bond motifs is 1. The summed E-state index contributed by atoms with van der Waals surface area (Å²) in [7, 11) is 1.67. The normalized spacial score (nSPS) is 11.3. The van der Waals surface area contributed by atoms with Gasteiger partial charge >= 0.3 is 0 Å². The molecule has 6 heteroatoms. The Balaban J connectivity index is 1.55. The number of nitrogens with zero attached hydrogens (tertiary/aromatic N) is 2. The van der Waals surface area contributed by atoms with Crippen LogP contribution in [0, 0.1) is 0 Å².